The van der Waals surface area contributed by atoms with Crippen LogP contribution in [0, 0.1) is 5.92 Å². The predicted molar refractivity (Wildman–Crippen MR) is 94.7 cm³/mol. The SMILES string of the molecule is CCOC(=O)C1=NS(=O)(=O)NC(C2CCN(C(=O)OC(C)(C)C)CC2)=C1. The molecule has 0 aliphatic carbocycles. The first-order chi connectivity index (χ1) is 12.0. The Balaban J connectivity index is 2.05. The predicted octanol–water partition coefficient (Wildman–Crippen LogP) is 1.37. The largest absolute Gasteiger partial charge is 0.461 e. The lowest BCUT2D eigenvalue weighted by atomic mass is 9.93. The van der Waals surface area contributed by atoms with E-state index in [9.17, 15) is 18.0 Å². The fraction of sp³-hybridized carbons (Fsp3) is 0.688. The molecule has 9 nitrogen and oxygen atoms in total. The molecule has 146 valence electrons. The van der Waals surface area contributed by atoms with Gasteiger partial charge in [0.1, 0.15) is 5.60 Å². The number of ether oxygens (including phenoxy) is 2. The molecule has 0 spiro atoms. The fourth-order valence-corrected chi connectivity index (χ4v) is 3.66. The summed E-state index contributed by atoms with van der Waals surface area (Å²) in [5.41, 5.74) is -0.414. The molecule has 2 aliphatic rings. The van der Waals surface area contributed by atoms with Crippen LogP contribution in [-0.2, 0) is 24.5 Å². The van der Waals surface area contributed by atoms with Gasteiger partial charge in [-0.25, -0.2) is 9.59 Å². The normalized spacial score (nSPS) is 20.5. The van der Waals surface area contributed by atoms with Crippen molar-refractivity contribution in [1.29, 1.82) is 0 Å². The fourth-order valence-electron chi connectivity index (χ4n) is 2.71. The number of amides is 1. The van der Waals surface area contributed by atoms with Crippen LogP contribution in [0.1, 0.15) is 40.5 Å². The second-order valence-electron chi connectivity index (χ2n) is 7.12. The van der Waals surface area contributed by atoms with E-state index >= 15 is 0 Å². The van der Waals surface area contributed by atoms with E-state index in [0.717, 1.165) is 0 Å². The number of rotatable bonds is 3. The first-order valence-corrected chi connectivity index (χ1v) is 9.94. The van der Waals surface area contributed by atoms with Crippen LogP contribution >= 0.6 is 0 Å². The maximum Gasteiger partial charge on any atom is 0.410 e. The number of carbonyl (C=O) groups excluding carboxylic acids is 2. The van der Waals surface area contributed by atoms with Gasteiger partial charge in [0, 0.05) is 24.7 Å². The zero-order chi connectivity index (χ0) is 19.5. The van der Waals surface area contributed by atoms with Crippen LogP contribution < -0.4 is 4.72 Å². The molecule has 0 atom stereocenters. The highest BCUT2D eigenvalue weighted by Gasteiger charge is 2.32. The van der Waals surface area contributed by atoms with Crippen LogP contribution in [0.15, 0.2) is 16.2 Å². The first kappa shape index (κ1) is 20.2. The van der Waals surface area contributed by atoms with E-state index in [-0.39, 0.29) is 24.3 Å². The van der Waals surface area contributed by atoms with Gasteiger partial charge in [0.15, 0.2) is 5.71 Å². The molecule has 2 heterocycles. The summed E-state index contributed by atoms with van der Waals surface area (Å²) in [5, 5.41) is 0. The Morgan fingerprint density at radius 1 is 1.31 bits per heavy atom. The monoisotopic (exact) mass is 387 g/mol. The van der Waals surface area contributed by atoms with Gasteiger partial charge in [-0.3, -0.25) is 4.72 Å². The molecule has 0 bridgehead atoms. The summed E-state index contributed by atoms with van der Waals surface area (Å²) in [5.74, 6) is -0.912. The van der Waals surface area contributed by atoms with E-state index in [4.69, 9.17) is 9.47 Å². The minimum absolute atomic E-state index is 0.128. The zero-order valence-electron chi connectivity index (χ0n) is 15.4. The quantitative estimate of drug-likeness (QED) is 0.732. The van der Waals surface area contributed by atoms with Crippen molar-refractivity contribution in [3.63, 3.8) is 0 Å². The smallest absolute Gasteiger partial charge is 0.410 e. The van der Waals surface area contributed by atoms with Crippen LogP contribution in [0.2, 0.25) is 0 Å². The lowest BCUT2D eigenvalue weighted by molar-refractivity contribution is -0.134. The van der Waals surface area contributed by atoms with E-state index in [2.05, 4.69) is 9.12 Å². The lowest BCUT2D eigenvalue weighted by Crippen LogP contribution is -2.43. The Bertz CT molecular complexity index is 728. The molecule has 1 fully saturated rings. The Kier molecular flexibility index (Phi) is 5.94. The topological polar surface area (TPSA) is 114 Å². The lowest BCUT2D eigenvalue weighted by Gasteiger charge is -2.34. The molecule has 0 aromatic heterocycles. The number of nitrogens with zero attached hydrogens (tertiary/aromatic N) is 2. The van der Waals surface area contributed by atoms with Crippen molar-refractivity contribution in [1.82, 2.24) is 9.62 Å². The van der Waals surface area contributed by atoms with Crippen molar-refractivity contribution >= 4 is 28.0 Å². The third-order valence-corrected chi connectivity index (χ3v) is 4.76. The Morgan fingerprint density at radius 2 is 1.92 bits per heavy atom. The molecule has 26 heavy (non-hydrogen) atoms. The second-order valence-corrected chi connectivity index (χ2v) is 8.45. The average Bonchev–Trinajstić information content (AvgIpc) is 2.52. The molecule has 1 amide bonds. The number of hydrogen-bond acceptors (Lipinski definition) is 6. The molecular formula is C16H25N3O6S. The average molecular weight is 387 g/mol. The van der Waals surface area contributed by atoms with Gasteiger partial charge in [-0.15, -0.1) is 4.40 Å². The summed E-state index contributed by atoms with van der Waals surface area (Å²) in [6, 6.07) is 0. The van der Waals surface area contributed by atoms with Gasteiger partial charge < -0.3 is 14.4 Å². The van der Waals surface area contributed by atoms with E-state index in [1.807, 2.05) is 0 Å². The van der Waals surface area contributed by atoms with Crippen molar-refractivity contribution in [2.24, 2.45) is 10.3 Å². The van der Waals surface area contributed by atoms with Crippen molar-refractivity contribution in [3.8, 4) is 0 Å². The molecular weight excluding hydrogens is 362 g/mol. The van der Waals surface area contributed by atoms with Crippen molar-refractivity contribution in [3.05, 3.63) is 11.8 Å². The minimum Gasteiger partial charge on any atom is -0.461 e. The van der Waals surface area contributed by atoms with Crippen molar-refractivity contribution < 1.29 is 27.5 Å². The molecule has 1 saturated heterocycles. The maximum absolute atomic E-state index is 12.1. The maximum atomic E-state index is 12.1. The first-order valence-electron chi connectivity index (χ1n) is 8.50. The highest BCUT2D eigenvalue weighted by atomic mass is 32.2. The van der Waals surface area contributed by atoms with E-state index in [1.54, 1.807) is 32.6 Å². The van der Waals surface area contributed by atoms with Gasteiger partial charge >= 0.3 is 22.3 Å². The van der Waals surface area contributed by atoms with Gasteiger partial charge in [-0.2, -0.15) is 8.42 Å². The second kappa shape index (κ2) is 7.65. The summed E-state index contributed by atoms with van der Waals surface area (Å²) in [6.45, 7) is 8.03. The molecule has 10 heteroatoms. The van der Waals surface area contributed by atoms with Gasteiger partial charge in [0.25, 0.3) is 0 Å². The van der Waals surface area contributed by atoms with Crippen LogP contribution in [0.3, 0.4) is 0 Å². The van der Waals surface area contributed by atoms with Crippen LogP contribution in [-0.4, -0.2) is 56.4 Å². The summed E-state index contributed by atoms with van der Waals surface area (Å²) in [4.78, 5) is 25.5. The van der Waals surface area contributed by atoms with Gasteiger partial charge in [0.2, 0.25) is 0 Å². The number of nitrogens with one attached hydrogen (secondary N) is 1. The minimum atomic E-state index is -3.98. The van der Waals surface area contributed by atoms with Crippen LogP contribution in [0.25, 0.3) is 0 Å². The summed E-state index contributed by atoms with van der Waals surface area (Å²) in [7, 11) is -3.98. The summed E-state index contributed by atoms with van der Waals surface area (Å²) >= 11 is 0. The standard InChI is InChI=1S/C16H25N3O6S/c1-5-24-14(20)13-10-12(17-26(22,23)18-13)11-6-8-19(9-7-11)15(21)25-16(2,3)4/h10-11,17H,5-9H2,1-4H3. The zero-order valence-corrected chi connectivity index (χ0v) is 16.3. The van der Waals surface area contributed by atoms with Crippen molar-refractivity contribution in [2.45, 2.75) is 46.1 Å². The van der Waals surface area contributed by atoms with Crippen molar-refractivity contribution in [2.75, 3.05) is 19.7 Å². The number of carbonyl (C=O) groups is 2. The number of piperidine rings is 1. The van der Waals surface area contributed by atoms with Gasteiger partial charge in [-0.05, 0) is 46.6 Å². The van der Waals surface area contributed by atoms with Crippen LogP contribution in [0.4, 0.5) is 4.79 Å². The van der Waals surface area contributed by atoms with E-state index < -0.39 is 21.8 Å². The summed E-state index contributed by atoms with van der Waals surface area (Å²) < 4.78 is 39.8. The third kappa shape index (κ3) is 5.45. The molecule has 1 N–H and O–H groups in total. The number of hydrogen-bond donors (Lipinski definition) is 1. The third-order valence-electron chi connectivity index (χ3n) is 3.83. The molecule has 2 aliphatic heterocycles. The Morgan fingerprint density at radius 3 is 2.46 bits per heavy atom. The van der Waals surface area contributed by atoms with E-state index in [1.165, 1.54) is 6.08 Å². The molecule has 0 saturated carbocycles. The van der Waals surface area contributed by atoms with Crippen LogP contribution in [0.5, 0.6) is 0 Å². The molecule has 0 unspecified atom stereocenters. The number of likely N-dealkylation sites (tertiary alicyclic amines) is 1. The Labute approximate surface area is 153 Å². The number of esters is 1. The molecule has 0 aromatic rings. The molecule has 2 rings (SSSR count). The molecule has 0 aromatic carbocycles. The number of allylic oxidation sites excluding steroid dienone is 1. The highest BCUT2D eigenvalue weighted by molar-refractivity contribution is 7.88. The van der Waals surface area contributed by atoms with Gasteiger partial charge in [0.05, 0.1) is 6.61 Å². The van der Waals surface area contributed by atoms with E-state index in [0.29, 0.717) is 31.6 Å². The highest BCUT2D eigenvalue weighted by Crippen LogP contribution is 2.26. The molecule has 0 radical (unpaired) electrons. The Hall–Kier alpha value is -2.10. The summed E-state index contributed by atoms with van der Waals surface area (Å²) in [6.07, 6.45) is 2.11. The van der Waals surface area contributed by atoms with Gasteiger partial charge in [-0.1, -0.05) is 0 Å².